The van der Waals surface area contributed by atoms with Gasteiger partial charge in [0, 0.05) is 31.1 Å². The number of aryl methyl sites for hydroxylation is 3. The van der Waals surface area contributed by atoms with Gasteiger partial charge in [0.2, 0.25) is 5.91 Å². The number of anilines is 1. The molecule has 2 atom stereocenters. The molecule has 1 saturated heterocycles. The second-order valence-corrected chi connectivity index (χ2v) is 10.4. The van der Waals surface area contributed by atoms with Crippen molar-refractivity contribution in [3.8, 4) is 5.75 Å². The minimum Gasteiger partial charge on any atom is -0.494 e. The van der Waals surface area contributed by atoms with E-state index >= 15 is 0 Å². The average molecular weight is 496 g/mol. The normalized spacial score (nSPS) is 16.5. The van der Waals surface area contributed by atoms with Gasteiger partial charge in [-0.05, 0) is 85.7 Å². The van der Waals surface area contributed by atoms with E-state index < -0.39 is 0 Å². The first-order valence-electron chi connectivity index (χ1n) is 13.5. The summed E-state index contributed by atoms with van der Waals surface area (Å²) < 4.78 is 8.37. The number of hydrogen-bond acceptors (Lipinski definition) is 3. The lowest BCUT2D eigenvalue weighted by Gasteiger charge is -2.19. The molecule has 0 bridgehead atoms. The Bertz CT molecular complexity index is 1370. The van der Waals surface area contributed by atoms with Crippen molar-refractivity contribution >= 4 is 22.6 Å². The Labute approximate surface area is 220 Å². The van der Waals surface area contributed by atoms with Crippen LogP contribution >= 0.6 is 0 Å². The van der Waals surface area contributed by atoms with Crippen molar-refractivity contribution in [2.24, 2.45) is 0 Å². The first-order chi connectivity index (χ1) is 17.9. The van der Waals surface area contributed by atoms with Crippen LogP contribution in [0.1, 0.15) is 67.5 Å². The molecule has 0 spiro atoms. The lowest BCUT2D eigenvalue weighted by molar-refractivity contribution is -0.117. The third-order valence-electron chi connectivity index (χ3n) is 7.55. The summed E-state index contributed by atoms with van der Waals surface area (Å²) in [6, 6.07) is 23.1. The molecule has 37 heavy (non-hydrogen) atoms. The molecule has 2 unspecified atom stereocenters. The number of amides is 1. The summed E-state index contributed by atoms with van der Waals surface area (Å²) in [7, 11) is 0. The fourth-order valence-corrected chi connectivity index (χ4v) is 5.42. The van der Waals surface area contributed by atoms with Crippen molar-refractivity contribution in [1.82, 2.24) is 9.55 Å². The summed E-state index contributed by atoms with van der Waals surface area (Å²) in [6.45, 7) is 10.7. The molecule has 2 heterocycles. The van der Waals surface area contributed by atoms with Crippen LogP contribution < -0.4 is 9.64 Å². The number of nitrogens with zero attached hydrogens (tertiary/aromatic N) is 3. The van der Waals surface area contributed by atoms with E-state index in [0.29, 0.717) is 25.5 Å². The van der Waals surface area contributed by atoms with Gasteiger partial charge in [-0.2, -0.15) is 0 Å². The van der Waals surface area contributed by atoms with Crippen molar-refractivity contribution in [3.05, 3.63) is 89.2 Å². The molecular formula is C32H37N3O2. The van der Waals surface area contributed by atoms with Gasteiger partial charge in [0.25, 0.3) is 0 Å². The minimum atomic E-state index is 0.0646. The smallest absolute Gasteiger partial charge is 0.227 e. The highest BCUT2D eigenvalue weighted by molar-refractivity contribution is 5.96. The average Bonchev–Trinajstić information content (AvgIpc) is 3.46. The zero-order valence-corrected chi connectivity index (χ0v) is 22.4. The Kier molecular flexibility index (Phi) is 7.31. The molecule has 3 aromatic carbocycles. The van der Waals surface area contributed by atoms with E-state index in [-0.39, 0.29) is 11.8 Å². The molecule has 0 radical (unpaired) electrons. The minimum absolute atomic E-state index is 0.0646. The molecule has 0 saturated carbocycles. The number of rotatable bonds is 9. The van der Waals surface area contributed by atoms with Crippen molar-refractivity contribution in [3.63, 3.8) is 0 Å². The van der Waals surface area contributed by atoms with Crippen LogP contribution in [0.25, 0.3) is 11.0 Å². The molecule has 5 rings (SSSR count). The molecule has 5 nitrogen and oxygen atoms in total. The van der Waals surface area contributed by atoms with Gasteiger partial charge >= 0.3 is 0 Å². The summed E-state index contributed by atoms with van der Waals surface area (Å²) in [5.74, 6) is 2.70. The van der Waals surface area contributed by atoms with Crippen LogP contribution in [0.2, 0.25) is 0 Å². The monoisotopic (exact) mass is 495 g/mol. The summed E-state index contributed by atoms with van der Waals surface area (Å²) in [6.07, 6.45) is 2.48. The number of aromatic nitrogens is 2. The summed E-state index contributed by atoms with van der Waals surface area (Å²) >= 11 is 0. The van der Waals surface area contributed by atoms with Gasteiger partial charge in [-0.25, -0.2) is 4.98 Å². The van der Waals surface area contributed by atoms with E-state index in [4.69, 9.17) is 9.72 Å². The van der Waals surface area contributed by atoms with Crippen molar-refractivity contribution in [2.45, 2.75) is 65.3 Å². The van der Waals surface area contributed by atoms with Crippen molar-refractivity contribution in [1.29, 1.82) is 0 Å². The largest absolute Gasteiger partial charge is 0.494 e. The quantitative estimate of drug-likeness (QED) is 0.232. The van der Waals surface area contributed by atoms with Gasteiger partial charge in [0.05, 0.1) is 17.6 Å². The number of benzene rings is 3. The Balaban J connectivity index is 1.30. The van der Waals surface area contributed by atoms with E-state index in [1.807, 2.05) is 11.0 Å². The van der Waals surface area contributed by atoms with Crippen LogP contribution in [0.15, 0.2) is 66.7 Å². The van der Waals surface area contributed by atoms with Crippen LogP contribution in [0.4, 0.5) is 5.69 Å². The predicted octanol–water partition coefficient (Wildman–Crippen LogP) is 7.16. The SMILES string of the molecule is CCC(C)c1ccc(OCCCn2c(C3CC(=O)N(c4cc(C)cc(C)c4)C3)nc3ccccc32)cc1. The van der Waals surface area contributed by atoms with Crippen LogP contribution in [0.3, 0.4) is 0 Å². The zero-order chi connectivity index (χ0) is 25.9. The maximum absolute atomic E-state index is 13.1. The van der Waals surface area contributed by atoms with E-state index in [1.54, 1.807) is 0 Å². The van der Waals surface area contributed by atoms with E-state index in [1.165, 1.54) is 16.7 Å². The summed E-state index contributed by atoms with van der Waals surface area (Å²) in [5, 5.41) is 0. The highest BCUT2D eigenvalue weighted by Gasteiger charge is 2.35. The molecule has 5 heteroatoms. The topological polar surface area (TPSA) is 47.4 Å². The number of imidazole rings is 1. The fourth-order valence-electron chi connectivity index (χ4n) is 5.42. The molecule has 1 aliphatic rings. The van der Waals surface area contributed by atoms with E-state index in [0.717, 1.165) is 47.7 Å². The first kappa shape index (κ1) is 25.1. The highest BCUT2D eigenvalue weighted by atomic mass is 16.5. The molecule has 1 fully saturated rings. The standard InChI is InChI=1S/C32H37N3O2/c1-5-24(4)25-11-13-28(14-12-25)37-16-8-15-34-30-10-7-6-9-29(30)33-32(34)26-20-31(36)35(21-26)27-18-22(2)17-23(3)19-27/h6-7,9-14,17-19,24,26H,5,8,15-16,20-21H2,1-4H3. The molecule has 1 amide bonds. The molecule has 0 aliphatic carbocycles. The van der Waals surface area contributed by atoms with Gasteiger partial charge in [-0.1, -0.05) is 44.2 Å². The van der Waals surface area contributed by atoms with Crippen LogP contribution in [0, 0.1) is 13.8 Å². The Morgan fingerprint density at radius 2 is 1.76 bits per heavy atom. The van der Waals surface area contributed by atoms with Gasteiger partial charge in [0.1, 0.15) is 11.6 Å². The van der Waals surface area contributed by atoms with Crippen LogP contribution in [-0.2, 0) is 11.3 Å². The number of hydrogen-bond donors (Lipinski definition) is 0. The van der Waals surface area contributed by atoms with E-state index in [2.05, 4.69) is 92.9 Å². The number of carbonyl (C=O) groups excluding carboxylic acids is 1. The van der Waals surface area contributed by atoms with Gasteiger partial charge in [-0.3, -0.25) is 4.79 Å². The maximum Gasteiger partial charge on any atom is 0.227 e. The molecule has 1 aliphatic heterocycles. The molecular weight excluding hydrogens is 458 g/mol. The highest BCUT2D eigenvalue weighted by Crippen LogP contribution is 2.34. The van der Waals surface area contributed by atoms with Crippen molar-refractivity contribution < 1.29 is 9.53 Å². The first-order valence-corrected chi connectivity index (χ1v) is 13.5. The lowest BCUT2D eigenvalue weighted by Crippen LogP contribution is -2.24. The number of fused-ring (bicyclic) bond motifs is 1. The molecule has 1 aromatic heterocycles. The second-order valence-electron chi connectivity index (χ2n) is 10.4. The van der Waals surface area contributed by atoms with Crippen LogP contribution in [0.5, 0.6) is 5.75 Å². The van der Waals surface area contributed by atoms with E-state index in [9.17, 15) is 4.79 Å². The van der Waals surface area contributed by atoms with Crippen LogP contribution in [-0.4, -0.2) is 28.6 Å². The van der Waals surface area contributed by atoms with Crippen molar-refractivity contribution in [2.75, 3.05) is 18.1 Å². The second kappa shape index (κ2) is 10.8. The lowest BCUT2D eigenvalue weighted by atomic mass is 9.99. The van der Waals surface area contributed by atoms with Gasteiger partial charge in [0.15, 0.2) is 0 Å². The third-order valence-corrected chi connectivity index (χ3v) is 7.55. The van der Waals surface area contributed by atoms with Gasteiger partial charge in [-0.15, -0.1) is 0 Å². The Morgan fingerprint density at radius 1 is 1.03 bits per heavy atom. The summed E-state index contributed by atoms with van der Waals surface area (Å²) in [5.41, 5.74) is 6.79. The van der Waals surface area contributed by atoms with Gasteiger partial charge < -0.3 is 14.2 Å². The molecule has 0 N–H and O–H groups in total. The Hall–Kier alpha value is -3.60. The zero-order valence-electron chi connectivity index (χ0n) is 22.4. The third kappa shape index (κ3) is 5.41. The predicted molar refractivity (Wildman–Crippen MR) is 151 cm³/mol. The molecule has 192 valence electrons. The number of ether oxygens (including phenoxy) is 1. The maximum atomic E-state index is 13.1. The summed E-state index contributed by atoms with van der Waals surface area (Å²) in [4.78, 5) is 20.0. The number of carbonyl (C=O) groups is 1. The fraction of sp³-hybridized carbons (Fsp3) is 0.375. The number of para-hydroxylation sites is 2. The molecule has 4 aromatic rings. The Morgan fingerprint density at radius 3 is 2.49 bits per heavy atom.